The minimum absolute atomic E-state index is 0.0909. The summed E-state index contributed by atoms with van der Waals surface area (Å²) in [5, 5.41) is 14.8. The second-order valence-electron chi connectivity index (χ2n) is 3.86. The van der Waals surface area contributed by atoms with Crippen molar-refractivity contribution < 1.29 is 9.53 Å². The Balaban J connectivity index is 2.02. The lowest BCUT2D eigenvalue weighted by Gasteiger charge is -2.28. The van der Waals surface area contributed by atoms with Crippen molar-refractivity contribution in [2.75, 3.05) is 13.2 Å². The van der Waals surface area contributed by atoms with E-state index in [2.05, 4.69) is 33.5 Å². The number of ether oxygens (including phenoxy) is 1. The average Bonchev–Trinajstić information content (AvgIpc) is 2.76. The second kappa shape index (κ2) is 5.46. The third-order valence-corrected chi connectivity index (χ3v) is 3.06. The van der Waals surface area contributed by atoms with Crippen molar-refractivity contribution in [3.63, 3.8) is 0 Å². The Labute approximate surface area is 104 Å². The fraction of sp³-hybridized carbons (Fsp3) is 0.778. The number of tetrazole rings is 1. The SMILES string of the molecule is CCOC(=O)[C@H]1C[C@H](n2nnnc2S)CCN1. The van der Waals surface area contributed by atoms with Crippen LogP contribution in [0.2, 0.25) is 0 Å². The third kappa shape index (κ3) is 2.75. The number of nitrogens with zero attached hydrogens (tertiary/aromatic N) is 4. The maximum atomic E-state index is 11.6. The number of rotatable bonds is 3. The van der Waals surface area contributed by atoms with Crippen LogP contribution >= 0.6 is 12.6 Å². The highest BCUT2D eigenvalue weighted by atomic mass is 32.1. The minimum atomic E-state index is -0.286. The molecule has 1 aliphatic heterocycles. The van der Waals surface area contributed by atoms with Gasteiger partial charge in [0, 0.05) is 0 Å². The Morgan fingerprint density at radius 1 is 1.71 bits per heavy atom. The molecule has 0 bridgehead atoms. The van der Waals surface area contributed by atoms with Crippen LogP contribution in [0.25, 0.3) is 0 Å². The van der Waals surface area contributed by atoms with Crippen LogP contribution in [0.15, 0.2) is 5.16 Å². The molecule has 7 nitrogen and oxygen atoms in total. The van der Waals surface area contributed by atoms with Crippen LogP contribution in [0.5, 0.6) is 0 Å². The number of carbonyl (C=O) groups excluding carboxylic acids is 1. The zero-order valence-corrected chi connectivity index (χ0v) is 10.4. The molecule has 0 radical (unpaired) electrons. The first-order valence-electron chi connectivity index (χ1n) is 5.59. The van der Waals surface area contributed by atoms with E-state index in [4.69, 9.17) is 4.74 Å². The Kier molecular flexibility index (Phi) is 3.95. The fourth-order valence-corrected chi connectivity index (χ4v) is 2.21. The number of hydrogen-bond acceptors (Lipinski definition) is 7. The number of carbonyl (C=O) groups is 1. The van der Waals surface area contributed by atoms with Crippen molar-refractivity contribution in [2.45, 2.75) is 37.0 Å². The number of thiol groups is 1. The first kappa shape index (κ1) is 12.3. The van der Waals surface area contributed by atoms with Crippen molar-refractivity contribution in [1.82, 2.24) is 25.5 Å². The summed E-state index contributed by atoms with van der Waals surface area (Å²) in [5.74, 6) is -0.217. The third-order valence-electron chi connectivity index (χ3n) is 2.77. The lowest BCUT2D eigenvalue weighted by Crippen LogP contribution is -2.45. The van der Waals surface area contributed by atoms with Crippen LogP contribution in [0.4, 0.5) is 0 Å². The predicted molar refractivity (Wildman–Crippen MR) is 61.8 cm³/mol. The quantitative estimate of drug-likeness (QED) is 0.577. The van der Waals surface area contributed by atoms with Crippen LogP contribution in [0, 0.1) is 0 Å². The van der Waals surface area contributed by atoms with Gasteiger partial charge in [-0.05, 0) is 36.7 Å². The molecule has 2 atom stereocenters. The van der Waals surface area contributed by atoms with Crippen molar-refractivity contribution in [3.8, 4) is 0 Å². The maximum absolute atomic E-state index is 11.6. The van der Waals surface area contributed by atoms with E-state index in [0.29, 0.717) is 18.2 Å². The number of esters is 1. The van der Waals surface area contributed by atoms with Gasteiger partial charge in [-0.1, -0.05) is 0 Å². The van der Waals surface area contributed by atoms with Crippen molar-refractivity contribution in [3.05, 3.63) is 0 Å². The molecule has 0 spiro atoms. The summed E-state index contributed by atoms with van der Waals surface area (Å²) >= 11 is 4.17. The summed E-state index contributed by atoms with van der Waals surface area (Å²) in [6.07, 6.45) is 1.49. The van der Waals surface area contributed by atoms with Crippen LogP contribution in [0.3, 0.4) is 0 Å². The predicted octanol–water partition coefficient (Wildman–Crippen LogP) is -0.182. The molecule has 0 amide bonds. The van der Waals surface area contributed by atoms with Crippen LogP contribution in [-0.4, -0.2) is 45.4 Å². The molecule has 1 aromatic rings. The summed E-state index contributed by atoms with van der Waals surface area (Å²) in [6.45, 7) is 2.93. The molecule has 17 heavy (non-hydrogen) atoms. The monoisotopic (exact) mass is 257 g/mol. The summed E-state index contributed by atoms with van der Waals surface area (Å²) in [6, 6.07) is -0.196. The van der Waals surface area contributed by atoms with E-state index in [1.807, 2.05) is 0 Å². The van der Waals surface area contributed by atoms with Gasteiger partial charge in [0.15, 0.2) is 0 Å². The Morgan fingerprint density at radius 3 is 3.18 bits per heavy atom. The van der Waals surface area contributed by atoms with Crippen LogP contribution in [0.1, 0.15) is 25.8 Å². The van der Waals surface area contributed by atoms with Crippen LogP contribution in [-0.2, 0) is 9.53 Å². The van der Waals surface area contributed by atoms with Gasteiger partial charge in [0.1, 0.15) is 6.04 Å². The molecule has 2 rings (SSSR count). The normalized spacial score (nSPS) is 24.6. The highest BCUT2D eigenvalue weighted by Crippen LogP contribution is 2.23. The first-order chi connectivity index (χ1) is 8.22. The van der Waals surface area contributed by atoms with E-state index in [-0.39, 0.29) is 18.1 Å². The van der Waals surface area contributed by atoms with Gasteiger partial charge in [-0.3, -0.25) is 4.79 Å². The van der Waals surface area contributed by atoms with Crippen LogP contribution < -0.4 is 5.32 Å². The molecule has 0 saturated carbocycles. The molecule has 94 valence electrons. The zero-order chi connectivity index (χ0) is 12.3. The maximum Gasteiger partial charge on any atom is 0.323 e. The molecule has 0 aromatic carbocycles. The first-order valence-corrected chi connectivity index (χ1v) is 6.04. The smallest absolute Gasteiger partial charge is 0.323 e. The molecular weight excluding hydrogens is 242 g/mol. The highest BCUT2D eigenvalue weighted by Gasteiger charge is 2.30. The fourth-order valence-electron chi connectivity index (χ4n) is 1.97. The van der Waals surface area contributed by atoms with E-state index >= 15 is 0 Å². The van der Waals surface area contributed by atoms with Gasteiger partial charge in [0.25, 0.3) is 0 Å². The van der Waals surface area contributed by atoms with Gasteiger partial charge in [-0.25, -0.2) is 4.68 Å². The van der Waals surface area contributed by atoms with Gasteiger partial charge in [0.2, 0.25) is 5.16 Å². The van der Waals surface area contributed by atoms with Crippen molar-refractivity contribution >= 4 is 18.6 Å². The number of nitrogens with one attached hydrogen (secondary N) is 1. The summed E-state index contributed by atoms with van der Waals surface area (Å²) in [5.41, 5.74) is 0. The van der Waals surface area contributed by atoms with Gasteiger partial charge in [-0.15, -0.1) is 17.7 Å². The van der Waals surface area contributed by atoms with E-state index in [0.717, 1.165) is 13.0 Å². The minimum Gasteiger partial charge on any atom is -0.465 e. The molecule has 1 N–H and O–H groups in total. The molecule has 0 unspecified atom stereocenters. The topological polar surface area (TPSA) is 81.9 Å². The van der Waals surface area contributed by atoms with Gasteiger partial charge >= 0.3 is 5.97 Å². The molecule has 1 saturated heterocycles. The molecule has 2 heterocycles. The van der Waals surface area contributed by atoms with E-state index in [1.54, 1.807) is 11.6 Å². The summed E-state index contributed by atoms with van der Waals surface area (Å²) in [7, 11) is 0. The molecule has 1 fully saturated rings. The zero-order valence-electron chi connectivity index (χ0n) is 9.54. The van der Waals surface area contributed by atoms with Crippen molar-refractivity contribution in [2.24, 2.45) is 0 Å². The van der Waals surface area contributed by atoms with E-state index in [1.165, 1.54) is 0 Å². The number of aromatic nitrogens is 4. The molecule has 0 aliphatic carbocycles. The lowest BCUT2D eigenvalue weighted by molar-refractivity contribution is -0.146. The highest BCUT2D eigenvalue weighted by molar-refractivity contribution is 7.80. The Hall–Kier alpha value is -1.15. The number of hydrogen-bond donors (Lipinski definition) is 2. The number of piperidine rings is 1. The molecular formula is C9H15N5O2S. The van der Waals surface area contributed by atoms with Crippen molar-refractivity contribution in [1.29, 1.82) is 0 Å². The average molecular weight is 257 g/mol. The Bertz CT molecular complexity index is 396. The second-order valence-corrected chi connectivity index (χ2v) is 4.26. The van der Waals surface area contributed by atoms with E-state index < -0.39 is 0 Å². The molecule has 8 heteroatoms. The van der Waals surface area contributed by atoms with Gasteiger partial charge in [0.05, 0.1) is 12.6 Å². The van der Waals surface area contributed by atoms with Gasteiger partial charge < -0.3 is 10.1 Å². The standard InChI is InChI=1S/C9H15N5O2S/c1-2-16-8(15)7-5-6(3-4-10-7)14-9(17)11-12-13-14/h6-7,10H,2-5H2,1H3,(H,11,13,17)/t6-,7-/m1/s1. The molecule has 1 aliphatic rings. The van der Waals surface area contributed by atoms with E-state index in [9.17, 15) is 4.79 Å². The Morgan fingerprint density at radius 2 is 2.53 bits per heavy atom. The lowest BCUT2D eigenvalue weighted by atomic mass is 10.00. The summed E-state index contributed by atoms with van der Waals surface area (Å²) in [4.78, 5) is 11.6. The largest absolute Gasteiger partial charge is 0.465 e. The summed E-state index contributed by atoms with van der Waals surface area (Å²) < 4.78 is 6.64. The van der Waals surface area contributed by atoms with Gasteiger partial charge in [-0.2, -0.15) is 0 Å². The molecule has 1 aromatic heterocycles.